The van der Waals surface area contributed by atoms with Crippen molar-refractivity contribution in [3.63, 3.8) is 0 Å². The molecular formula is C17H12Cl2N2O3. The van der Waals surface area contributed by atoms with Crippen LogP contribution in [0.3, 0.4) is 0 Å². The van der Waals surface area contributed by atoms with E-state index in [1.54, 1.807) is 24.3 Å². The second-order valence-electron chi connectivity index (χ2n) is 5.17. The van der Waals surface area contributed by atoms with Crippen LogP contribution in [-0.4, -0.2) is 15.5 Å². The molecule has 3 rings (SSSR count). The number of nitrogens with zero attached hydrogens (tertiary/aromatic N) is 2. The first-order valence-electron chi connectivity index (χ1n) is 7.07. The van der Waals surface area contributed by atoms with E-state index < -0.39 is 5.97 Å². The number of ether oxygens (including phenoxy) is 1. The summed E-state index contributed by atoms with van der Waals surface area (Å²) < 4.78 is 6.37. The Balaban J connectivity index is 1.87. The lowest BCUT2D eigenvalue weighted by atomic mass is 10.1. The number of esters is 1. The Hall–Kier alpha value is -2.37. The van der Waals surface area contributed by atoms with Gasteiger partial charge >= 0.3 is 5.97 Å². The van der Waals surface area contributed by atoms with Gasteiger partial charge in [0.1, 0.15) is 11.6 Å². The lowest BCUT2D eigenvalue weighted by molar-refractivity contribution is -0.135. The summed E-state index contributed by atoms with van der Waals surface area (Å²) in [5, 5.41) is 0.875. The molecule has 2 aromatic carbocycles. The van der Waals surface area contributed by atoms with Crippen molar-refractivity contribution in [2.75, 3.05) is 0 Å². The highest BCUT2D eigenvalue weighted by molar-refractivity contribution is 6.43. The largest absolute Gasteiger partial charge is 0.424 e. The summed E-state index contributed by atoms with van der Waals surface area (Å²) in [4.78, 5) is 28.8. The third kappa shape index (κ3) is 3.13. The maximum absolute atomic E-state index is 12.5. The number of halogens is 2. The second kappa shape index (κ2) is 6.63. The molecule has 0 aliphatic rings. The zero-order valence-electron chi connectivity index (χ0n) is 12.6. The predicted octanol–water partition coefficient (Wildman–Crippen LogP) is 3.62. The Kier molecular flexibility index (Phi) is 4.55. The minimum Gasteiger partial charge on any atom is -0.424 e. The monoisotopic (exact) mass is 362 g/mol. The zero-order valence-corrected chi connectivity index (χ0v) is 14.1. The number of hydrogen-bond acceptors (Lipinski definition) is 4. The van der Waals surface area contributed by atoms with E-state index in [4.69, 9.17) is 27.9 Å². The fourth-order valence-corrected chi connectivity index (χ4v) is 2.64. The van der Waals surface area contributed by atoms with E-state index in [2.05, 4.69) is 4.98 Å². The van der Waals surface area contributed by atoms with Gasteiger partial charge in [0.05, 0.1) is 22.3 Å². The number of fused-ring (bicyclic) bond motifs is 1. The Bertz CT molecular complexity index is 999. The third-order valence-corrected chi connectivity index (χ3v) is 4.30. The zero-order chi connectivity index (χ0) is 17.3. The van der Waals surface area contributed by atoms with Crippen molar-refractivity contribution in [3.05, 3.63) is 68.7 Å². The van der Waals surface area contributed by atoms with Gasteiger partial charge in [-0.15, -0.1) is 0 Å². The van der Waals surface area contributed by atoms with Crippen LogP contribution in [0.5, 0.6) is 5.75 Å². The van der Waals surface area contributed by atoms with Crippen molar-refractivity contribution in [3.8, 4) is 5.75 Å². The molecule has 7 heteroatoms. The van der Waals surface area contributed by atoms with Gasteiger partial charge in [-0.05, 0) is 30.7 Å². The fraction of sp³-hybridized carbons (Fsp3) is 0.118. The minimum atomic E-state index is -0.643. The van der Waals surface area contributed by atoms with Gasteiger partial charge in [0.2, 0.25) is 0 Å². The number of aromatic nitrogens is 2. The molecule has 0 radical (unpaired) electrons. The molecule has 5 nitrogen and oxygen atoms in total. The lowest BCUT2D eigenvalue weighted by Crippen LogP contribution is -2.27. The minimum absolute atomic E-state index is 0.145. The molecule has 3 aromatic rings. The highest BCUT2D eigenvalue weighted by Gasteiger charge is 2.13. The Labute approximate surface area is 147 Å². The van der Waals surface area contributed by atoms with Gasteiger partial charge in [-0.3, -0.25) is 9.36 Å². The van der Waals surface area contributed by atoms with Crippen molar-refractivity contribution >= 4 is 40.1 Å². The smallest absolute Gasteiger partial charge is 0.331 e. The van der Waals surface area contributed by atoms with Crippen LogP contribution >= 0.6 is 23.2 Å². The van der Waals surface area contributed by atoms with Crippen LogP contribution in [-0.2, 0) is 11.3 Å². The number of rotatable bonds is 3. The quantitative estimate of drug-likeness (QED) is 0.527. The Morgan fingerprint density at radius 3 is 2.75 bits per heavy atom. The van der Waals surface area contributed by atoms with Crippen molar-refractivity contribution in [2.24, 2.45) is 0 Å². The summed E-state index contributed by atoms with van der Waals surface area (Å²) in [7, 11) is 0. The second-order valence-corrected chi connectivity index (χ2v) is 5.96. The molecule has 122 valence electrons. The molecule has 0 spiro atoms. The molecule has 0 aliphatic carbocycles. The molecule has 0 bridgehead atoms. The van der Waals surface area contributed by atoms with Crippen LogP contribution in [0.4, 0.5) is 0 Å². The molecule has 0 atom stereocenters. The molecule has 0 saturated heterocycles. The highest BCUT2D eigenvalue weighted by Crippen LogP contribution is 2.31. The van der Waals surface area contributed by atoms with Crippen molar-refractivity contribution in [2.45, 2.75) is 13.5 Å². The maximum Gasteiger partial charge on any atom is 0.331 e. The highest BCUT2D eigenvalue weighted by atomic mass is 35.5. The Morgan fingerprint density at radius 1 is 1.21 bits per heavy atom. The first kappa shape index (κ1) is 16.5. The van der Waals surface area contributed by atoms with Gasteiger partial charge in [-0.2, -0.15) is 0 Å². The van der Waals surface area contributed by atoms with Gasteiger partial charge < -0.3 is 4.74 Å². The molecule has 24 heavy (non-hydrogen) atoms. The standard InChI is InChI=1S/C17H12Cl2N2O3/c1-10-4-2-5-11-16(10)20-9-21(17(11)23)8-14(22)24-13-7-3-6-12(18)15(13)19/h2-7,9H,8H2,1H3. The summed E-state index contributed by atoms with van der Waals surface area (Å²) in [6.45, 7) is 1.59. The van der Waals surface area contributed by atoms with Crippen molar-refractivity contribution in [1.29, 1.82) is 0 Å². The van der Waals surface area contributed by atoms with Crippen LogP contribution in [0, 0.1) is 6.92 Å². The topological polar surface area (TPSA) is 61.2 Å². The van der Waals surface area contributed by atoms with E-state index in [9.17, 15) is 9.59 Å². The van der Waals surface area contributed by atoms with Crippen LogP contribution < -0.4 is 10.3 Å². The summed E-state index contributed by atoms with van der Waals surface area (Å²) in [5.41, 5.74) is 1.20. The number of aryl methyl sites for hydroxylation is 1. The summed E-state index contributed by atoms with van der Waals surface area (Å²) in [5.74, 6) is -0.498. The van der Waals surface area contributed by atoms with E-state index in [-0.39, 0.29) is 27.9 Å². The normalized spacial score (nSPS) is 10.8. The van der Waals surface area contributed by atoms with Gasteiger partial charge in [0.15, 0.2) is 5.75 Å². The van der Waals surface area contributed by atoms with Gasteiger partial charge in [-0.25, -0.2) is 9.78 Å². The molecule has 0 amide bonds. The first-order chi connectivity index (χ1) is 11.5. The van der Waals surface area contributed by atoms with Crippen LogP contribution in [0.15, 0.2) is 47.5 Å². The van der Waals surface area contributed by atoms with Gasteiger partial charge in [0, 0.05) is 0 Å². The number of hydrogen-bond donors (Lipinski definition) is 0. The van der Waals surface area contributed by atoms with E-state index in [0.29, 0.717) is 10.9 Å². The molecule has 0 unspecified atom stereocenters. The van der Waals surface area contributed by atoms with Crippen molar-refractivity contribution in [1.82, 2.24) is 9.55 Å². The van der Waals surface area contributed by atoms with E-state index >= 15 is 0 Å². The average Bonchev–Trinajstić information content (AvgIpc) is 2.55. The number of para-hydroxylation sites is 1. The van der Waals surface area contributed by atoms with Crippen LogP contribution in [0.1, 0.15) is 5.56 Å². The summed E-state index contributed by atoms with van der Waals surface area (Å²) in [6, 6.07) is 10.0. The number of carbonyl (C=O) groups excluding carboxylic acids is 1. The van der Waals surface area contributed by atoms with Crippen molar-refractivity contribution < 1.29 is 9.53 Å². The third-order valence-electron chi connectivity index (χ3n) is 3.49. The van der Waals surface area contributed by atoms with Gasteiger partial charge in [-0.1, -0.05) is 41.4 Å². The fourth-order valence-electron chi connectivity index (χ4n) is 2.31. The van der Waals surface area contributed by atoms with E-state index in [0.717, 1.165) is 5.56 Å². The van der Waals surface area contributed by atoms with E-state index in [1.807, 2.05) is 13.0 Å². The number of carbonyl (C=O) groups is 1. The first-order valence-corrected chi connectivity index (χ1v) is 7.82. The summed E-state index contributed by atoms with van der Waals surface area (Å²) in [6.07, 6.45) is 1.33. The van der Waals surface area contributed by atoms with Crippen LogP contribution in [0.2, 0.25) is 10.0 Å². The SMILES string of the molecule is Cc1cccc2c(=O)n(CC(=O)Oc3cccc(Cl)c3Cl)cnc12. The molecule has 1 heterocycles. The molecule has 0 N–H and O–H groups in total. The van der Waals surface area contributed by atoms with Crippen LogP contribution in [0.25, 0.3) is 10.9 Å². The van der Waals surface area contributed by atoms with E-state index in [1.165, 1.54) is 17.0 Å². The molecular weight excluding hydrogens is 351 g/mol. The molecule has 0 fully saturated rings. The maximum atomic E-state index is 12.5. The average molecular weight is 363 g/mol. The predicted molar refractivity (Wildman–Crippen MR) is 92.8 cm³/mol. The van der Waals surface area contributed by atoms with Gasteiger partial charge in [0.25, 0.3) is 5.56 Å². The lowest BCUT2D eigenvalue weighted by Gasteiger charge is -2.09. The molecule has 0 saturated carbocycles. The summed E-state index contributed by atoms with van der Waals surface area (Å²) >= 11 is 11.9. The number of benzene rings is 2. The molecule has 0 aliphatic heterocycles. The molecule has 1 aromatic heterocycles. The Morgan fingerprint density at radius 2 is 1.96 bits per heavy atom.